The van der Waals surface area contributed by atoms with E-state index < -0.39 is 5.78 Å². The van der Waals surface area contributed by atoms with Crippen molar-refractivity contribution in [1.82, 2.24) is 0 Å². The molecule has 0 saturated carbocycles. The number of allylic oxidation sites excluding steroid dienone is 1. The number of furan rings is 1. The first-order valence-electron chi connectivity index (χ1n) is 9.61. The SMILES string of the molecule is COc1c(C(=O)C=Cc2cccc(Oc3ccc(Cl)cc3)c2)c(O)c(OC)c2occc12. The van der Waals surface area contributed by atoms with Crippen molar-refractivity contribution in [3.63, 3.8) is 0 Å². The minimum absolute atomic E-state index is 0.0110. The van der Waals surface area contributed by atoms with Gasteiger partial charge in [-0.3, -0.25) is 4.79 Å². The highest BCUT2D eigenvalue weighted by atomic mass is 35.5. The molecule has 0 spiro atoms. The third-order valence-corrected chi connectivity index (χ3v) is 5.04. The quantitative estimate of drug-likeness (QED) is 0.256. The summed E-state index contributed by atoms with van der Waals surface area (Å²) in [6.45, 7) is 0. The molecule has 0 fully saturated rings. The highest BCUT2D eigenvalue weighted by molar-refractivity contribution is 6.30. The third kappa shape index (κ3) is 4.13. The Morgan fingerprint density at radius 2 is 1.75 bits per heavy atom. The molecule has 7 heteroatoms. The van der Waals surface area contributed by atoms with Gasteiger partial charge in [0, 0.05) is 5.02 Å². The standard InChI is InChI=1S/C25H19ClO6/c1-29-23-19-12-13-31-24(19)25(30-2)22(28)21(23)20(27)11-6-15-4-3-5-18(14-15)32-17-9-7-16(26)8-10-17/h3-14,28H,1-2H3. The Bertz CT molecular complexity index is 1300. The summed E-state index contributed by atoms with van der Waals surface area (Å²) in [7, 11) is 2.81. The summed E-state index contributed by atoms with van der Waals surface area (Å²) >= 11 is 5.90. The van der Waals surface area contributed by atoms with Gasteiger partial charge >= 0.3 is 0 Å². The molecule has 0 atom stereocenters. The molecule has 162 valence electrons. The van der Waals surface area contributed by atoms with Crippen LogP contribution in [-0.2, 0) is 0 Å². The number of benzene rings is 3. The number of methoxy groups -OCH3 is 2. The van der Waals surface area contributed by atoms with Crippen LogP contribution in [-0.4, -0.2) is 25.1 Å². The highest BCUT2D eigenvalue weighted by Crippen LogP contribution is 2.45. The van der Waals surface area contributed by atoms with Crippen molar-refractivity contribution >= 4 is 34.4 Å². The van der Waals surface area contributed by atoms with E-state index in [2.05, 4.69) is 0 Å². The predicted molar refractivity (Wildman–Crippen MR) is 122 cm³/mol. The average Bonchev–Trinajstić information content (AvgIpc) is 3.28. The Labute approximate surface area is 189 Å². The molecular formula is C25H19ClO6. The van der Waals surface area contributed by atoms with Gasteiger partial charge in [-0.15, -0.1) is 0 Å². The van der Waals surface area contributed by atoms with Crippen LogP contribution in [0, 0.1) is 0 Å². The van der Waals surface area contributed by atoms with Crippen molar-refractivity contribution in [3.05, 3.63) is 83.1 Å². The second kappa shape index (κ2) is 9.08. The van der Waals surface area contributed by atoms with Gasteiger partial charge in [-0.05, 0) is 54.1 Å². The number of hydrogen-bond donors (Lipinski definition) is 1. The van der Waals surface area contributed by atoms with Gasteiger partial charge in [-0.25, -0.2) is 0 Å². The second-order valence-electron chi connectivity index (χ2n) is 6.78. The van der Waals surface area contributed by atoms with Gasteiger partial charge in [0.1, 0.15) is 22.8 Å². The summed E-state index contributed by atoms with van der Waals surface area (Å²) in [6.07, 6.45) is 4.41. The van der Waals surface area contributed by atoms with E-state index in [9.17, 15) is 9.90 Å². The molecular weight excluding hydrogens is 432 g/mol. The van der Waals surface area contributed by atoms with E-state index in [1.54, 1.807) is 48.5 Å². The molecule has 0 aliphatic heterocycles. The lowest BCUT2D eigenvalue weighted by molar-refractivity contribution is 0.104. The summed E-state index contributed by atoms with van der Waals surface area (Å²) in [5.41, 5.74) is 1.03. The molecule has 32 heavy (non-hydrogen) atoms. The maximum Gasteiger partial charge on any atom is 0.205 e. The summed E-state index contributed by atoms with van der Waals surface area (Å²) in [5.74, 6) is 0.721. The number of hydrogen-bond acceptors (Lipinski definition) is 6. The molecule has 6 nitrogen and oxygen atoms in total. The minimum atomic E-state index is -0.454. The molecule has 4 rings (SSSR count). The Hall–Kier alpha value is -3.90. The van der Waals surface area contributed by atoms with Crippen molar-refractivity contribution in [2.45, 2.75) is 0 Å². The molecule has 1 aromatic heterocycles. The van der Waals surface area contributed by atoms with Crippen molar-refractivity contribution in [1.29, 1.82) is 0 Å². The molecule has 4 aromatic rings. The van der Waals surface area contributed by atoms with Crippen molar-refractivity contribution in [2.24, 2.45) is 0 Å². The first kappa shape index (κ1) is 21.3. The average molecular weight is 451 g/mol. The third-order valence-electron chi connectivity index (χ3n) is 4.78. The van der Waals surface area contributed by atoms with Crippen molar-refractivity contribution < 1.29 is 28.5 Å². The Balaban J connectivity index is 1.63. The molecule has 3 aromatic carbocycles. The first-order valence-corrected chi connectivity index (χ1v) is 9.99. The number of aromatic hydroxyl groups is 1. The Morgan fingerprint density at radius 3 is 2.47 bits per heavy atom. The van der Waals surface area contributed by atoms with Crippen LogP contribution in [0.1, 0.15) is 15.9 Å². The van der Waals surface area contributed by atoms with Crippen LogP contribution in [0.25, 0.3) is 17.0 Å². The number of phenolic OH excluding ortho intramolecular Hbond substituents is 1. The monoisotopic (exact) mass is 450 g/mol. The molecule has 0 saturated heterocycles. The lowest BCUT2D eigenvalue weighted by atomic mass is 10.0. The van der Waals surface area contributed by atoms with E-state index in [4.69, 9.17) is 30.2 Å². The van der Waals surface area contributed by atoms with Gasteiger partial charge in [0.15, 0.2) is 17.1 Å². The lowest BCUT2D eigenvalue weighted by Crippen LogP contribution is -2.02. The number of rotatable bonds is 7. The molecule has 0 radical (unpaired) electrons. The molecule has 0 aliphatic rings. The number of carbonyl (C=O) groups excluding carboxylic acids is 1. The Morgan fingerprint density at radius 1 is 1.00 bits per heavy atom. The predicted octanol–water partition coefficient (Wildman–Crippen LogP) is 6.50. The van der Waals surface area contributed by atoms with E-state index in [0.717, 1.165) is 5.56 Å². The number of ether oxygens (including phenoxy) is 3. The normalized spacial score (nSPS) is 11.1. The largest absolute Gasteiger partial charge is 0.504 e. The summed E-state index contributed by atoms with van der Waals surface area (Å²) in [4.78, 5) is 13.0. The van der Waals surface area contributed by atoms with Crippen LogP contribution in [0.4, 0.5) is 0 Å². The zero-order chi connectivity index (χ0) is 22.7. The van der Waals surface area contributed by atoms with E-state index in [0.29, 0.717) is 27.5 Å². The number of halogens is 1. The topological polar surface area (TPSA) is 78.1 Å². The van der Waals surface area contributed by atoms with Gasteiger partial charge in [-0.1, -0.05) is 29.8 Å². The molecule has 0 unspecified atom stereocenters. The van der Waals surface area contributed by atoms with Crippen LogP contribution in [0.2, 0.25) is 5.02 Å². The first-order chi connectivity index (χ1) is 15.5. The van der Waals surface area contributed by atoms with Crippen LogP contribution in [0.5, 0.6) is 28.7 Å². The second-order valence-corrected chi connectivity index (χ2v) is 7.22. The summed E-state index contributed by atoms with van der Waals surface area (Å²) in [5, 5.41) is 11.8. The fourth-order valence-electron chi connectivity index (χ4n) is 3.33. The van der Waals surface area contributed by atoms with Crippen molar-refractivity contribution in [3.8, 4) is 28.7 Å². The fraction of sp³-hybridized carbons (Fsp3) is 0.0800. The van der Waals surface area contributed by atoms with Crippen LogP contribution in [0.3, 0.4) is 0 Å². The zero-order valence-electron chi connectivity index (χ0n) is 17.3. The summed E-state index contributed by atoms with van der Waals surface area (Å²) in [6, 6.07) is 15.9. The molecule has 0 aliphatic carbocycles. The minimum Gasteiger partial charge on any atom is -0.504 e. The van der Waals surface area contributed by atoms with E-state index in [1.165, 1.54) is 26.6 Å². The maximum atomic E-state index is 13.0. The van der Waals surface area contributed by atoms with Crippen LogP contribution >= 0.6 is 11.6 Å². The number of carbonyl (C=O) groups is 1. The van der Waals surface area contributed by atoms with Crippen LogP contribution in [0.15, 0.2) is 71.4 Å². The number of phenols is 1. The van der Waals surface area contributed by atoms with Gasteiger partial charge < -0.3 is 23.7 Å². The molecule has 0 amide bonds. The fourth-order valence-corrected chi connectivity index (χ4v) is 3.46. The van der Waals surface area contributed by atoms with E-state index in [-0.39, 0.29) is 22.8 Å². The van der Waals surface area contributed by atoms with Gasteiger partial charge in [-0.2, -0.15) is 0 Å². The molecule has 1 N–H and O–H groups in total. The Kier molecular flexibility index (Phi) is 6.05. The molecule has 1 heterocycles. The highest BCUT2D eigenvalue weighted by Gasteiger charge is 2.26. The smallest absolute Gasteiger partial charge is 0.205 e. The van der Waals surface area contributed by atoms with E-state index >= 15 is 0 Å². The van der Waals surface area contributed by atoms with Gasteiger partial charge in [0.2, 0.25) is 5.75 Å². The number of fused-ring (bicyclic) bond motifs is 1. The molecule has 0 bridgehead atoms. The van der Waals surface area contributed by atoms with Gasteiger partial charge in [0.05, 0.1) is 25.9 Å². The van der Waals surface area contributed by atoms with Gasteiger partial charge in [0.25, 0.3) is 0 Å². The van der Waals surface area contributed by atoms with E-state index in [1.807, 2.05) is 12.1 Å². The maximum absolute atomic E-state index is 13.0. The van der Waals surface area contributed by atoms with Crippen LogP contribution < -0.4 is 14.2 Å². The number of ketones is 1. The lowest BCUT2D eigenvalue weighted by Gasteiger charge is -2.13. The zero-order valence-corrected chi connectivity index (χ0v) is 18.1. The summed E-state index contributed by atoms with van der Waals surface area (Å²) < 4.78 is 21.9. The van der Waals surface area contributed by atoms with Crippen molar-refractivity contribution in [2.75, 3.05) is 14.2 Å².